The molecule has 1 aliphatic carbocycles. The van der Waals surface area contributed by atoms with E-state index >= 15 is 0 Å². The molecule has 9 nitrogen and oxygen atoms in total. The number of nitrogens with zero attached hydrogens (tertiary/aromatic N) is 1. The third-order valence-electron chi connectivity index (χ3n) is 6.45. The SMILES string of the molecule is CCCCCCN(C(=O)C(CO)NC(=O)OC(C)(C)C)C(C(=O)NC1CCCCC1)c1ccccc1O. The topological polar surface area (TPSA) is 128 Å². The van der Waals surface area contributed by atoms with Crippen molar-refractivity contribution in [2.75, 3.05) is 13.2 Å². The fourth-order valence-electron chi connectivity index (χ4n) is 4.61. The third kappa shape index (κ3) is 9.87. The highest BCUT2D eigenvalue weighted by atomic mass is 16.6. The smallest absolute Gasteiger partial charge is 0.408 e. The van der Waals surface area contributed by atoms with Crippen LogP contribution >= 0.6 is 0 Å². The van der Waals surface area contributed by atoms with Gasteiger partial charge in [-0.2, -0.15) is 0 Å². The van der Waals surface area contributed by atoms with E-state index in [1.807, 2.05) is 0 Å². The molecular weight excluding hydrogens is 474 g/mol. The van der Waals surface area contributed by atoms with Crippen molar-refractivity contribution in [1.82, 2.24) is 15.5 Å². The summed E-state index contributed by atoms with van der Waals surface area (Å²) in [6.45, 7) is 6.74. The summed E-state index contributed by atoms with van der Waals surface area (Å²) in [6.07, 6.45) is 7.52. The Kier molecular flexibility index (Phi) is 12.2. The van der Waals surface area contributed by atoms with Gasteiger partial charge in [0.1, 0.15) is 23.4 Å². The molecule has 3 amide bonds. The fraction of sp³-hybridized carbons (Fsp3) is 0.679. The van der Waals surface area contributed by atoms with Gasteiger partial charge in [0.25, 0.3) is 0 Å². The molecule has 0 aliphatic heterocycles. The number of aliphatic hydroxyl groups excluding tert-OH is 1. The van der Waals surface area contributed by atoms with Gasteiger partial charge in [-0.3, -0.25) is 9.59 Å². The number of hydrogen-bond acceptors (Lipinski definition) is 6. The van der Waals surface area contributed by atoms with Gasteiger partial charge in [0.05, 0.1) is 6.61 Å². The molecule has 0 bridgehead atoms. The Balaban J connectivity index is 2.40. The highest BCUT2D eigenvalue weighted by molar-refractivity contribution is 5.92. The Hall–Kier alpha value is -2.81. The Morgan fingerprint density at radius 3 is 2.35 bits per heavy atom. The van der Waals surface area contributed by atoms with Crippen LogP contribution in [0.2, 0.25) is 0 Å². The number of aliphatic hydroxyl groups is 1. The average Bonchev–Trinajstić information content (AvgIpc) is 2.84. The molecule has 2 atom stereocenters. The molecule has 0 aromatic heterocycles. The van der Waals surface area contributed by atoms with Crippen LogP contribution in [0.1, 0.15) is 97.1 Å². The van der Waals surface area contributed by atoms with Gasteiger partial charge in [0, 0.05) is 18.2 Å². The van der Waals surface area contributed by atoms with Crippen molar-refractivity contribution in [3.05, 3.63) is 29.8 Å². The van der Waals surface area contributed by atoms with Crippen LogP contribution in [-0.4, -0.2) is 63.9 Å². The standard InChI is InChI=1S/C28H45N3O6/c1-5-6-7-13-18-31(26(35)22(19-32)30-27(36)37-28(2,3)4)24(21-16-11-12-17-23(21)33)25(34)29-20-14-9-8-10-15-20/h11-12,16-17,20,22,24,32-33H,5-10,13-15,18-19H2,1-4H3,(H,29,34)(H,30,36). The summed E-state index contributed by atoms with van der Waals surface area (Å²) in [5.41, 5.74) is -0.487. The number of hydrogen-bond donors (Lipinski definition) is 4. The number of aromatic hydroxyl groups is 1. The Labute approximate surface area is 221 Å². The predicted molar refractivity (Wildman–Crippen MR) is 142 cm³/mol. The van der Waals surface area contributed by atoms with Gasteiger partial charge in [0.2, 0.25) is 11.8 Å². The number of phenolic OH excluding ortho intramolecular Hbond substituents is 1. The number of alkyl carbamates (subject to hydrolysis) is 1. The number of carbonyl (C=O) groups excluding carboxylic acids is 3. The number of para-hydroxylation sites is 1. The molecule has 37 heavy (non-hydrogen) atoms. The molecule has 9 heteroatoms. The Bertz CT molecular complexity index is 879. The van der Waals surface area contributed by atoms with Gasteiger partial charge in [-0.05, 0) is 46.1 Å². The highest BCUT2D eigenvalue weighted by Gasteiger charge is 2.37. The monoisotopic (exact) mass is 519 g/mol. The normalized spacial score (nSPS) is 15.9. The number of amides is 3. The number of phenols is 1. The van der Waals surface area contributed by atoms with Crippen LogP contribution in [0.5, 0.6) is 5.75 Å². The molecule has 4 N–H and O–H groups in total. The van der Waals surface area contributed by atoms with Crippen LogP contribution in [0.3, 0.4) is 0 Å². The zero-order chi connectivity index (χ0) is 27.4. The second-order valence-electron chi connectivity index (χ2n) is 10.8. The lowest BCUT2D eigenvalue weighted by molar-refractivity contribution is -0.143. The minimum atomic E-state index is -1.31. The first kappa shape index (κ1) is 30.4. The van der Waals surface area contributed by atoms with E-state index in [2.05, 4.69) is 17.6 Å². The van der Waals surface area contributed by atoms with Crippen LogP contribution in [-0.2, 0) is 14.3 Å². The molecule has 0 spiro atoms. The van der Waals surface area contributed by atoms with Crippen molar-refractivity contribution in [3.63, 3.8) is 0 Å². The van der Waals surface area contributed by atoms with Gasteiger partial charge >= 0.3 is 6.09 Å². The summed E-state index contributed by atoms with van der Waals surface area (Å²) in [7, 11) is 0. The number of unbranched alkanes of at least 4 members (excludes halogenated alkanes) is 3. The fourth-order valence-corrected chi connectivity index (χ4v) is 4.61. The molecule has 1 aromatic carbocycles. The van der Waals surface area contributed by atoms with Crippen molar-refractivity contribution < 1.29 is 29.3 Å². The number of rotatable bonds is 12. The molecule has 2 unspecified atom stereocenters. The second kappa shape index (κ2) is 14.8. The molecule has 1 fully saturated rings. The molecule has 0 saturated heterocycles. The molecule has 1 aromatic rings. The van der Waals surface area contributed by atoms with E-state index < -0.39 is 36.3 Å². The molecular formula is C28H45N3O6. The molecule has 208 valence electrons. The Morgan fingerprint density at radius 1 is 1.08 bits per heavy atom. The molecule has 0 radical (unpaired) electrons. The molecule has 1 saturated carbocycles. The summed E-state index contributed by atoms with van der Waals surface area (Å²) in [5, 5.41) is 26.3. The maximum Gasteiger partial charge on any atom is 0.408 e. The zero-order valence-electron chi connectivity index (χ0n) is 22.8. The van der Waals surface area contributed by atoms with E-state index in [1.54, 1.807) is 39.0 Å². The number of nitrogens with one attached hydrogen (secondary N) is 2. The summed E-state index contributed by atoms with van der Waals surface area (Å²) in [5.74, 6) is -1.10. The van der Waals surface area contributed by atoms with E-state index in [1.165, 1.54) is 11.0 Å². The molecule has 1 aliphatic rings. The van der Waals surface area contributed by atoms with Gasteiger partial charge in [-0.1, -0.05) is 63.6 Å². The largest absolute Gasteiger partial charge is 0.508 e. The summed E-state index contributed by atoms with van der Waals surface area (Å²) < 4.78 is 5.27. The average molecular weight is 520 g/mol. The van der Waals surface area contributed by atoms with Crippen LogP contribution in [0.15, 0.2) is 24.3 Å². The van der Waals surface area contributed by atoms with Crippen molar-refractivity contribution in [2.45, 2.75) is 109 Å². The van der Waals surface area contributed by atoms with Gasteiger partial charge in [-0.25, -0.2) is 4.79 Å². The predicted octanol–water partition coefficient (Wildman–Crippen LogP) is 4.18. The second-order valence-corrected chi connectivity index (χ2v) is 10.8. The zero-order valence-corrected chi connectivity index (χ0v) is 22.8. The lowest BCUT2D eigenvalue weighted by Gasteiger charge is -2.35. The van der Waals surface area contributed by atoms with Gasteiger partial charge in [0.15, 0.2) is 0 Å². The van der Waals surface area contributed by atoms with E-state index in [0.717, 1.165) is 51.4 Å². The summed E-state index contributed by atoms with van der Waals surface area (Å²) >= 11 is 0. The highest BCUT2D eigenvalue weighted by Crippen LogP contribution is 2.31. The van der Waals surface area contributed by atoms with Crippen LogP contribution in [0.4, 0.5) is 4.79 Å². The minimum Gasteiger partial charge on any atom is -0.508 e. The minimum absolute atomic E-state index is 0.000163. The van der Waals surface area contributed by atoms with E-state index in [-0.39, 0.29) is 24.2 Å². The lowest BCUT2D eigenvalue weighted by atomic mass is 9.94. The van der Waals surface area contributed by atoms with Crippen LogP contribution in [0.25, 0.3) is 0 Å². The van der Waals surface area contributed by atoms with E-state index in [0.29, 0.717) is 12.0 Å². The maximum atomic E-state index is 13.8. The third-order valence-corrected chi connectivity index (χ3v) is 6.45. The number of ether oxygens (including phenoxy) is 1. The number of carbonyl (C=O) groups is 3. The summed E-state index contributed by atoms with van der Waals surface area (Å²) in [6, 6.07) is 4.05. The van der Waals surface area contributed by atoms with Crippen LogP contribution in [0, 0.1) is 0 Å². The first-order valence-electron chi connectivity index (χ1n) is 13.6. The number of benzene rings is 1. The van der Waals surface area contributed by atoms with Crippen LogP contribution < -0.4 is 10.6 Å². The molecule has 2 rings (SSSR count). The van der Waals surface area contributed by atoms with Crippen molar-refractivity contribution >= 4 is 17.9 Å². The first-order chi connectivity index (χ1) is 17.6. The van der Waals surface area contributed by atoms with E-state index in [9.17, 15) is 24.6 Å². The van der Waals surface area contributed by atoms with Gasteiger partial charge < -0.3 is 30.5 Å². The first-order valence-corrected chi connectivity index (χ1v) is 13.6. The van der Waals surface area contributed by atoms with E-state index in [4.69, 9.17) is 4.74 Å². The van der Waals surface area contributed by atoms with Gasteiger partial charge in [-0.15, -0.1) is 0 Å². The lowest BCUT2D eigenvalue weighted by Crippen LogP contribution is -2.55. The van der Waals surface area contributed by atoms with Crippen molar-refractivity contribution in [1.29, 1.82) is 0 Å². The van der Waals surface area contributed by atoms with Crippen molar-refractivity contribution in [2.24, 2.45) is 0 Å². The summed E-state index contributed by atoms with van der Waals surface area (Å²) in [4.78, 5) is 41.3. The Morgan fingerprint density at radius 2 is 1.76 bits per heavy atom. The quantitative estimate of drug-likeness (QED) is 0.307. The van der Waals surface area contributed by atoms with Crippen molar-refractivity contribution in [3.8, 4) is 5.75 Å². The molecule has 0 heterocycles. The maximum absolute atomic E-state index is 13.8.